The fourth-order valence-corrected chi connectivity index (χ4v) is 4.41. The van der Waals surface area contributed by atoms with Crippen molar-refractivity contribution < 1.29 is 38.4 Å². The lowest BCUT2D eigenvalue weighted by Gasteiger charge is -2.12. The van der Waals surface area contributed by atoms with Crippen LogP contribution in [0.1, 0.15) is 26.3 Å². The van der Waals surface area contributed by atoms with Crippen LogP contribution in [0.5, 0.6) is 23.0 Å². The molecule has 1 N–H and O–H groups in total. The fourth-order valence-electron chi connectivity index (χ4n) is 3.53. The predicted molar refractivity (Wildman–Crippen MR) is 145 cm³/mol. The van der Waals surface area contributed by atoms with Gasteiger partial charge in [0.1, 0.15) is 16.4 Å². The Hall–Kier alpha value is -4.19. The van der Waals surface area contributed by atoms with Crippen molar-refractivity contribution in [3.05, 3.63) is 46.9 Å². The minimum Gasteiger partial charge on any atom is -0.497 e. The molecule has 0 bridgehead atoms. The highest BCUT2D eigenvalue weighted by atomic mass is 32.2. The van der Waals surface area contributed by atoms with Crippen LogP contribution >= 0.6 is 11.8 Å². The molecule has 0 saturated heterocycles. The van der Waals surface area contributed by atoms with Crippen LogP contribution in [-0.2, 0) is 20.9 Å². The largest absolute Gasteiger partial charge is 0.497 e. The van der Waals surface area contributed by atoms with Gasteiger partial charge in [-0.15, -0.1) is 10.2 Å². The molecule has 0 atom stereocenters. The standard InChI is InChI=1S/C27H31N3O8S/c1-6-30-25(18-13-19(34-4)15-20(14-18)35-5)28-29-27(30)39-23(26(32)33)12-17-9-10-21(22(11-17)36-7-2)38-16-24(31)37-8-3/h9-15H,6-8,16H2,1-5H3,(H,32,33)/b23-12-. The summed E-state index contributed by atoms with van der Waals surface area (Å²) < 4.78 is 28.6. The quantitative estimate of drug-likeness (QED) is 0.170. The minimum absolute atomic E-state index is 0.0227. The van der Waals surface area contributed by atoms with E-state index in [1.165, 1.54) is 6.08 Å². The topological polar surface area (TPSA) is 131 Å². The highest BCUT2D eigenvalue weighted by Gasteiger charge is 2.20. The number of carbonyl (C=O) groups is 2. The van der Waals surface area contributed by atoms with Crippen LogP contribution in [0.2, 0.25) is 0 Å². The Labute approximate surface area is 230 Å². The Bertz CT molecular complexity index is 1320. The number of carboxylic acid groups (broad SMARTS) is 1. The van der Waals surface area contributed by atoms with Crippen molar-refractivity contribution in [1.82, 2.24) is 14.8 Å². The summed E-state index contributed by atoms with van der Waals surface area (Å²) in [7, 11) is 3.12. The molecule has 0 unspecified atom stereocenters. The Morgan fingerprint density at radius 2 is 1.67 bits per heavy atom. The zero-order valence-corrected chi connectivity index (χ0v) is 23.2. The van der Waals surface area contributed by atoms with Crippen molar-refractivity contribution in [3.63, 3.8) is 0 Å². The number of hydrogen-bond acceptors (Lipinski definition) is 10. The van der Waals surface area contributed by atoms with E-state index in [0.29, 0.717) is 58.3 Å². The summed E-state index contributed by atoms with van der Waals surface area (Å²) in [5, 5.41) is 18.9. The molecule has 39 heavy (non-hydrogen) atoms. The Morgan fingerprint density at radius 1 is 0.949 bits per heavy atom. The summed E-state index contributed by atoms with van der Waals surface area (Å²) in [4.78, 5) is 23.9. The number of hydrogen-bond donors (Lipinski definition) is 1. The van der Waals surface area contributed by atoms with E-state index in [1.54, 1.807) is 45.4 Å². The van der Waals surface area contributed by atoms with Gasteiger partial charge in [-0.2, -0.15) is 0 Å². The molecular formula is C27H31N3O8S. The van der Waals surface area contributed by atoms with Gasteiger partial charge in [0.2, 0.25) is 0 Å². The number of aromatic nitrogens is 3. The van der Waals surface area contributed by atoms with Gasteiger partial charge in [-0.05, 0) is 68.4 Å². The van der Waals surface area contributed by atoms with E-state index < -0.39 is 11.9 Å². The third-order valence-electron chi connectivity index (χ3n) is 5.27. The van der Waals surface area contributed by atoms with Gasteiger partial charge in [0.25, 0.3) is 0 Å². The normalized spacial score (nSPS) is 11.2. The number of esters is 1. The van der Waals surface area contributed by atoms with E-state index in [-0.39, 0.29) is 18.1 Å². The second-order valence-electron chi connectivity index (χ2n) is 7.80. The molecule has 0 aliphatic heterocycles. The molecule has 0 amide bonds. The monoisotopic (exact) mass is 557 g/mol. The summed E-state index contributed by atoms with van der Waals surface area (Å²) in [6.07, 6.45) is 1.51. The first kappa shape index (κ1) is 29.4. The van der Waals surface area contributed by atoms with Gasteiger partial charge in [0.05, 0.1) is 27.4 Å². The van der Waals surface area contributed by atoms with E-state index in [1.807, 2.05) is 30.5 Å². The summed E-state index contributed by atoms with van der Waals surface area (Å²) >= 11 is 0.976. The molecule has 0 aliphatic rings. The average Bonchev–Trinajstić information content (AvgIpc) is 3.34. The van der Waals surface area contributed by atoms with E-state index in [4.69, 9.17) is 23.7 Å². The van der Waals surface area contributed by atoms with E-state index in [9.17, 15) is 14.7 Å². The molecule has 208 valence electrons. The smallest absolute Gasteiger partial charge is 0.344 e. The highest BCUT2D eigenvalue weighted by Crippen LogP contribution is 2.35. The Balaban J connectivity index is 1.92. The maximum atomic E-state index is 12.2. The van der Waals surface area contributed by atoms with Crippen LogP contribution in [0, 0.1) is 0 Å². The van der Waals surface area contributed by atoms with Gasteiger partial charge in [0.15, 0.2) is 29.1 Å². The summed E-state index contributed by atoms with van der Waals surface area (Å²) in [5.74, 6) is 0.817. The van der Waals surface area contributed by atoms with Crippen LogP contribution in [0.4, 0.5) is 0 Å². The van der Waals surface area contributed by atoms with Gasteiger partial charge >= 0.3 is 11.9 Å². The summed E-state index contributed by atoms with van der Waals surface area (Å²) in [5.41, 5.74) is 1.28. The van der Waals surface area contributed by atoms with Crippen LogP contribution < -0.4 is 18.9 Å². The Kier molecular flexibility index (Phi) is 10.6. The zero-order valence-electron chi connectivity index (χ0n) is 22.4. The fraction of sp³-hybridized carbons (Fsp3) is 0.333. The molecule has 3 aromatic rings. The van der Waals surface area contributed by atoms with E-state index in [2.05, 4.69) is 10.2 Å². The van der Waals surface area contributed by atoms with Gasteiger partial charge in [-0.1, -0.05) is 6.07 Å². The number of thioether (sulfide) groups is 1. The minimum atomic E-state index is -1.13. The molecule has 3 rings (SSSR count). The molecular weight excluding hydrogens is 526 g/mol. The van der Waals surface area contributed by atoms with Crippen LogP contribution in [0.15, 0.2) is 46.5 Å². The van der Waals surface area contributed by atoms with Crippen molar-refractivity contribution in [2.75, 3.05) is 34.0 Å². The third kappa shape index (κ3) is 7.66. The Morgan fingerprint density at radius 3 is 2.26 bits per heavy atom. The average molecular weight is 558 g/mol. The molecule has 0 saturated carbocycles. The molecule has 11 nitrogen and oxygen atoms in total. The summed E-state index contributed by atoms with van der Waals surface area (Å²) in [6, 6.07) is 10.3. The first-order chi connectivity index (χ1) is 18.8. The lowest BCUT2D eigenvalue weighted by molar-refractivity contribution is -0.145. The molecule has 0 fully saturated rings. The van der Waals surface area contributed by atoms with E-state index >= 15 is 0 Å². The first-order valence-corrected chi connectivity index (χ1v) is 13.0. The third-order valence-corrected chi connectivity index (χ3v) is 6.27. The number of benzene rings is 2. The number of methoxy groups -OCH3 is 2. The van der Waals surface area contributed by atoms with Crippen molar-refractivity contribution in [3.8, 4) is 34.4 Å². The van der Waals surface area contributed by atoms with Crippen molar-refractivity contribution in [2.24, 2.45) is 0 Å². The molecule has 1 aromatic heterocycles. The van der Waals surface area contributed by atoms with Gasteiger partial charge < -0.3 is 33.4 Å². The molecule has 0 spiro atoms. The number of rotatable bonds is 14. The van der Waals surface area contributed by atoms with Crippen molar-refractivity contribution in [2.45, 2.75) is 32.5 Å². The molecule has 0 radical (unpaired) electrons. The van der Waals surface area contributed by atoms with E-state index in [0.717, 1.165) is 11.8 Å². The number of nitrogens with zero attached hydrogens (tertiary/aromatic N) is 3. The number of aliphatic carboxylic acids is 1. The lowest BCUT2D eigenvalue weighted by Crippen LogP contribution is -2.15. The second-order valence-corrected chi connectivity index (χ2v) is 8.81. The van der Waals surface area contributed by atoms with Crippen molar-refractivity contribution in [1.29, 1.82) is 0 Å². The number of carboxylic acids is 1. The zero-order chi connectivity index (χ0) is 28.4. The molecule has 0 aliphatic carbocycles. The van der Waals surface area contributed by atoms with Crippen LogP contribution in [0.25, 0.3) is 17.5 Å². The maximum absolute atomic E-state index is 12.2. The number of carbonyl (C=O) groups excluding carboxylic acids is 1. The maximum Gasteiger partial charge on any atom is 0.344 e. The predicted octanol–water partition coefficient (Wildman–Crippen LogP) is 4.54. The molecule has 1 heterocycles. The molecule has 12 heteroatoms. The second kappa shape index (κ2) is 14.1. The number of ether oxygens (including phenoxy) is 5. The van der Waals surface area contributed by atoms with Gasteiger partial charge in [0, 0.05) is 18.2 Å². The van der Waals surface area contributed by atoms with Gasteiger partial charge in [-0.3, -0.25) is 0 Å². The first-order valence-electron chi connectivity index (χ1n) is 12.2. The summed E-state index contributed by atoms with van der Waals surface area (Å²) in [6.45, 7) is 6.26. The lowest BCUT2D eigenvalue weighted by atomic mass is 10.2. The highest BCUT2D eigenvalue weighted by molar-refractivity contribution is 8.04. The van der Waals surface area contributed by atoms with Gasteiger partial charge in [-0.25, -0.2) is 9.59 Å². The van der Waals surface area contributed by atoms with Crippen LogP contribution in [0.3, 0.4) is 0 Å². The SMILES string of the molecule is CCOC(=O)COc1ccc(/C=C(\Sc2nnc(-c3cc(OC)cc(OC)c3)n2CC)C(=O)O)cc1OCC. The van der Waals surface area contributed by atoms with Crippen LogP contribution in [-0.4, -0.2) is 65.8 Å². The molecule has 2 aromatic carbocycles. The van der Waals surface area contributed by atoms with Crippen molar-refractivity contribution >= 4 is 29.8 Å².